The summed E-state index contributed by atoms with van der Waals surface area (Å²) in [5.41, 5.74) is -0.865. The second kappa shape index (κ2) is 5.46. The van der Waals surface area contributed by atoms with E-state index in [1.165, 1.54) is 30.3 Å². The highest BCUT2D eigenvalue weighted by molar-refractivity contribution is 6.09. The van der Waals surface area contributed by atoms with Gasteiger partial charge < -0.3 is 9.84 Å². The number of hydrogen-bond donors (Lipinski definition) is 1. The van der Waals surface area contributed by atoms with E-state index >= 15 is 0 Å². The normalized spacial score (nSPS) is 15.0. The number of carbonyl (C=O) groups excluding carboxylic acids is 1. The zero-order valence-electron chi connectivity index (χ0n) is 11.9. The minimum absolute atomic E-state index is 0.0294. The summed E-state index contributed by atoms with van der Waals surface area (Å²) in [5.74, 6) is -3.25. The van der Waals surface area contributed by atoms with Crippen LogP contribution >= 0.6 is 0 Å². The maximum atomic E-state index is 13.2. The van der Waals surface area contributed by atoms with Crippen LogP contribution in [-0.2, 0) is 4.79 Å². The van der Waals surface area contributed by atoms with E-state index in [4.69, 9.17) is 9.84 Å². The van der Waals surface area contributed by atoms with Gasteiger partial charge >= 0.3 is 5.97 Å². The molecule has 2 aromatic rings. The molecule has 118 valence electrons. The molecule has 0 spiro atoms. The van der Waals surface area contributed by atoms with Crippen LogP contribution in [0.15, 0.2) is 42.5 Å². The third kappa shape index (κ3) is 2.92. The number of rotatable bonds is 5. The zero-order valence-corrected chi connectivity index (χ0v) is 11.9. The second-order valence-electron chi connectivity index (χ2n) is 5.38. The Morgan fingerprint density at radius 3 is 2.09 bits per heavy atom. The van der Waals surface area contributed by atoms with E-state index in [2.05, 4.69) is 0 Å². The number of carbonyl (C=O) groups is 2. The number of halogens is 2. The third-order valence-corrected chi connectivity index (χ3v) is 3.71. The Balaban J connectivity index is 1.77. The van der Waals surface area contributed by atoms with Crippen LogP contribution < -0.4 is 4.74 Å². The number of carboxylic acids is 1. The summed E-state index contributed by atoms with van der Waals surface area (Å²) in [5, 5.41) is 9.06. The van der Waals surface area contributed by atoms with Crippen LogP contribution in [0, 0.1) is 11.6 Å². The van der Waals surface area contributed by atoms with Gasteiger partial charge in [-0.2, -0.15) is 0 Å². The number of carboxylic acid groups (broad SMARTS) is 1. The lowest BCUT2D eigenvalue weighted by molar-refractivity contribution is -0.147. The van der Waals surface area contributed by atoms with Crippen LogP contribution in [0.1, 0.15) is 28.8 Å². The molecule has 0 aromatic heterocycles. The van der Waals surface area contributed by atoms with Gasteiger partial charge in [-0.15, -0.1) is 0 Å². The van der Waals surface area contributed by atoms with E-state index in [0.717, 1.165) is 12.1 Å². The fourth-order valence-electron chi connectivity index (χ4n) is 2.18. The Labute approximate surface area is 130 Å². The van der Waals surface area contributed by atoms with Crippen LogP contribution in [-0.4, -0.2) is 22.5 Å². The largest absolute Gasteiger partial charge is 0.478 e. The maximum Gasteiger partial charge on any atom is 0.348 e. The van der Waals surface area contributed by atoms with Gasteiger partial charge in [0.05, 0.1) is 0 Å². The molecule has 0 atom stereocenters. The molecule has 0 aliphatic heterocycles. The maximum absolute atomic E-state index is 13.2. The van der Waals surface area contributed by atoms with Gasteiger partial charge in [-0.1, -0.05) is 0 Å². The molecule has 2 aromatic carbocycles. The zero-order chi connectivity index (χ0) is 16.6. The first kappa shape index (κ1) is 15.1. The summed E-state index contributed by atoms with van der Waals surface area (Å²) in [6, 6.07) is 8.81. The van der Waals surface area contributed by atoms with Gasteiger partial charge in [-0.3, -0.25) is 4.79 Å². The van der Waals surface area contributed by atoms with Crippen molar-refractivity contribution in [3.8, 4) is 5.75 Å². The standard InChI is InChI=1S/C17H12F2O4/c18-13-6-3-11(9-14(13)19)15(20)10-1-4-12(5-2-10)23-17(7-8-17)16(21)22/h1-6,9H,7-8H2,(H,21,22). The van der Waals surface area contributed by atoms with Gasteiger partial charge in [0.15, 0.2) is 17.4 Å². The highest BCUT2D eigenvalue weighted by Gasteiger charge is 2.53. The van der Waals surface area contributed by atoms with Crippen LogP contribution in [0.2, 0.25) is 0 Å². The second-order valence-corrected chi connectivity index (χ2v) is 5.38. The van der Waals surface area contributed by atoms with Crippen LogP contribution in [0.25, 0.3) is 0 Å². The average molecular weight is 318 g/mol. The smallest absolute Gasteiger partial charge is 0.348 e. The van der Waals surface area contributed by atoms with Crippen molar-refractivity contribution in [2.75, 3.05) is 0 Å². The van der Waals surface area contributed by atoms with Gasteiger partial charge in [0.25, 0.3) is 0 Å². The molecule has 23 heavy (non-hydrogen) atoms. The van der Waals surface area contributed by atoms with E-state index in [0.29, 0.717) is 18.6 Å². The Bertz CT molecular complexity index is 780. The van der Waals surface area contributed by atoms with Crippen molar-refractivity contribution in [1.82, 2.24) is 0 Å². The molecule has 0 amide bonds. The quantitative estimate of drug-likeness (QED) is 0.860. The number of ether oxygens (including phenoxy) is 1. The summed E-state index contributed by atoms with van der Waals surface area (Å²) in [6.45, 7) is 0. The molecule has 0 bridgehead atoms. The lowest BCUT2D eigenvalue weighted by atomic mass is 10.0. The molecule has 1 aliphatic carbocycles. The molecule has 1 N–H and O–H groups in total. The summed E-state index contributed by atoms with van der Waals surface area (Å²) < 4.78 is 31.5. The van der Waals surface area contributed by atoms with E-state index < -0.39 is 29.0 Å². The summed E-state index contributed by atoms with van der Waals surface area (Å²) in [4.78, 5) is 23.3. The fraction of sp³-hybridized carbons (Fsp3) is 0.176. The first-order valence-electron chi connectivity index (χ1n) is 6.93. The predicted molar refractivity (Wildman–Crippen MR) is 76.5 cm³/mol. The number of benzene rings is 2. The molecule has 1 saturated carbocycles. The van der Waals surface area contributed by atoms with E-state index in [1.54, 1.807) is 0 Å². The Morgan fingerprint density at radius 2 is 1.57 bits per heavy atom. The van der Waals surface area contributed by atoms with Crippen molar-refractivity contribution in [3.05, 3.63) is 65.2 Å². The third-order valence-electron chi connectivity index (χ3n) is 3.71. The van der Waals surface area contributed by atoms with Crippen molar-refractivity contribution in [2.45, 2.75) is 18.4 Å². The van der Waals surface area contributed by atoms with E-state index in [-0.39, 0.29) is 11.1 Å². The van der Waals surface area contributed by atoms with Gasteiger partial charge in [-0.25, -0.2) is 13.6 Å². The lowest BCUT2D eigenvalue weighted by Crippen LogP contribution is -2.28. The molecule has 0 heterocycles. The molecule has 0 unspecified atom stereocenters. The fourth-order valence-corrected chi connectivity index (χ4v) is 2.18. The van der Waals surface area contributed by atoms with Crippen molar-refractivity contribution in [2.24, 2.45) is 0 Å². The Hall–Kier alpha value is -2.76. The molecule has 4 nitrogen and oxygen atoms in total. The van der Waals surface area contributed by atoms with Gasteiger partial charge in [0, 0.05) is 24.0 Å². The molecular weight excluding hydrogens is 306 g/mol. The van der Waals surface area contributed by atoms with Crippen LogP contribution in [0.3, 0.4) is 0 Å². The number of hydrogen-bond acceptors (Lipinski definition) is 3. The monoisotopic (exact) mass is 318 g/mol. The van der Waals surface area contributed by atoms with Crippen molar-refractivity contribution >= 4 is 11.8 Å². The van der Waals surface area contributed by atoms with Gasteiger partial charge in [0.1, 0.15) is 5.75 Å². The highest BCUT2D eigenvalue weighted by atomic mass is 19.2. The summed E-state index contributed by atoms with van der Waals surface area (Å²) >= 11 is 0. The average Bonchev–Trinajstić information content (AvgIpc) is 3.31. The minimum Gasteiger partial charge on any atom is -0.478 e. The molecule has 1 fully saturated rings. The van der Waals surface area contributed by atoms with E-state index in [9.17, 15) is 18.4 Å². The summed E-state index contributed by atoms with van der Waals surface area (Å²) in [7, 11) is 0. The van der Waals surface area contributed by atoms with Crippen LogP contribution in [0.4, 0.5) is 8.78 Å². The number of ketones is 1. The Morgan fingerprint density at radius 1 is 0.957 bits per heavy atom. The minimum atomic E-state index is -1.16. The van der Waals surface area contributed by atoms with Crippen LogP contribution in [0.5, 0.6) is 5.75 Å². The van der Waals surface area contributed by atoms with Gasteiger partial charge in [0.2, 0.25) is 5.60 Å². The molecular formula is C17H12F2O4. The lowest BCUT2D eigenvalue weighted by Gasteiger charge is -2.13. The van der Waals surface area contributed by atoms with Crippen molar-refractivity contribution < 1.29 is 28.2 Å². The molecule has 6 heteroatoms. The SMILES string of the molecule is O=C(c1ccc(OC2(C(=O)O)CC2)cc1)c1ccc(F)c(F)c1. The Kier molecular flexibility index (Phi) is 3.60. The number of aliphatic carboxylic acids is 1. The molecule has 3 rings (SSSR count). The molecule has 0 radical (unpaired) electrons. The first-order valence-corrected chi connectivity index (χ1v) is 6.93. The van der Waals surface area contributed by atoms with E-state index in [1.807, 2.05) is 0 Å². The van der Waals surface area contributed by atoms with Crippen molar-refractivity contribution in [3.63, 3.8) is 0 Å². The topological polar surface area (TPSA) is 63.6 Å². The summed E-state index contributed by atoms with van der Waals surface area (Å²) in [6.07, 6.45) is 0.885. The first-order chi connectivity index (χ1) is 10.9. The molecule has 1 aliphatic rings. The van der Waals surface area contributed by atoms with Gasteiger partial charge in [-0.05, 0) is 42.5 Å². The highest BCUT2D eigenvalue weighted by Crippen LogP contribution is 2.40. The van der Waals surface area contributed by atoms with Crippen molar-refractivity contribution in [1.29, 1.82) is 0 Å². The predicted octanol–water partition coefficient (Wildman–Crippen LogP) is 3.19. The molecule has 0 saturated heterocycles.